The summed E-state index contributed by atoms with van der Waals surface area (Å²) < 4.78 is 0. The van der Waals surface area contributed by atoms with Crippen molar-refractivity contribution >= 4 is 0 Å². The smallest absolute Gasteiger partial charge is 0.0435 e. The van der Waals surface area contributed by atoms with Gasteiger partial charge in [-0.25, -0.2) is 0 Å². The van der Waals surface area contributed by atoms with Crippen molar-refractivity contribution in [1.29, 1.82) is 0 Å². The van der Waals surface area contributed by atoms with Gasteiger partial charge in [0.2, 0.25) is 0 Å². The lowest BCUT2D eigenvalue weighted by atomic mass is 10.1. The van der Waals surface area contributed by atoms with Gasteiger partial charge in [-0.2, -0.15) is 0 Å². The van der Waals surface area contributed by atoms with Gasteiger partial charge in [0.25, 0.3) is 0 Å². The van der Waals surface area contributed by atoms with Crippen LogP contribution in [0.25, 0.3) is 0 Å². The highest BCUT2D eigenvalue weighted by atomic mass is 15.3. The maximum atomic E-state index is 3.93. The third-order valence-electron chi connectivity index (χ3n) is 3.77. The minimum atomic E-state index is 0.731. The maximum Gasteiger partial charge on any atom is 0.0435 e. The lowest BCUT2D eigenvalue weighted by Crippen LogP contribution is -2.04. The van der Waals surface area contributed by atoms with E-state index in [0.717, 1.165) is 12.1 Å². The van der Waals surface area contributed by atoms with Crippen molar-refractivity contribution in [2.75, 3.05) is 6.54 Å². The van der Waals surface area contributed by atoms with E-state index in [-0.39, 0.29) is 0 Å². The van der Waals surface area contributed by atoms with Crippen molar-refractivity contribution in [2.45, 2.75) is 63.5 Å². The molecule has 0 bridgehead atoms. The van der Waals surface area contributed by atoms with Crippen LogP contribution in [0.15, 0.2) is 12.7 Å². The Labute approximate surface area is 88.2 Å². The molecule has 0 aromatic heterocycles. The summed E-state index contributed by atoms with van der Waals surface area (Å²) in [6, 6.07) is 1.60. The highest BCUT2D eigenvalue weighted by molar-refractivity contribution is 5.11. The van der Waals surface area contributed by atoms with Gasteiger partial charge in [0.15, 0.2) is 0 Å². The van der Waals surface area contributed by atoms with Crippen LogP contribution in [0.3, 0.4) is 0 Å². The van der Waals surface area contributed by atoms with Crippen molar-refractivity contribution < 1.29 is 0 Å². The molecule has 3 atom stereocenters. The SMILES string of the molecule is C=CC1C2CCCCCCCCCN12. The van der Waals surface area contributed by atoms with Crippen LogP contribution in [0.1, 0.15) is 51.4 Å². The predicted molar refractivity (Wildman–Crippen MR) is 61.4 cm³/mol. The molecule has 2 aliphatic rings. The second kappa shape index (κ2) is 4.97. The first-order valence-corrected chi connectivity index (χ1v) is 6.32. The number of fused-ring (bicyclic) bond motifs is 1. The molecule has 0 amide bonds. The molecule has 14 heavy (non-hydrogen) atoms. The molecule has 0 aromatic carbocycles. The highest BCUT2D eigenvalue weighted by Crippen LogP contribution is 2.34. The van der Waals surface area contributed by atoms with Crippen molar-refractivity contribution in [1.82, 2.24) is 4.90 Å². The first kappa shape index (κ1) is 10.2. The molecule has 2 heterocycles. The van der Waals surface area contributed by atoms with Gasteiger partial charge < -0.3 is 0 Å². The Balaban J connectivity index is 1.80. The molecule has 2 rings (SSSR count). The van der Waals surface area contributed by atoms with Crippen molar-refractivity contribution in [3.8, 4) is 0 Å². The van der Waals surface area contributed by atoms with Crippen molar-refractivity contribution in [3.05, 3.63) is 12.7 Å². The van der Waals surface area contributed by atoms with E-state index < -0.39 is 0 Å². The van der Waals surface area contributed by atoms with Crippen LogP contribution in [0.5, 0.6) is 0 Å². The zero-order valence-electron chi connectivity index (χ0n) is 9.25. The Kier molecular flexibility index (Phi) is 3.63. The van der Waals surface area contributed by atoms with Gasteiger partial charge in [-0.15, -0.1) is 6.58 Å². The summed E-state index contributed by atoms with van der Waals surface area (Å²) >= 11 is 0. The summed E-state index contributed by atoms with van der Waals surface area (Å²) in [5, 5.41) is 0. The van der Waals surface area contributed by atoms with Crippen LogP contribution in [0.2, 0.25) is 0 Å². The molecule has 0 spiro atoms. The Morgan fingerprint density at radius 1 is 0.929 bits per heavy atom. The fourth-order valence-corrected chi connectivity index (χ4v) is 2.83. The van der Waals surface area contributed by atoms with Gasteiger partial charge >= 0.3 is 0 Å². The predicted octanol–water partition coefficient (Wildman–Crippen LogP) is 3.36. The standard InChI is InChI=1S/C13H23N/c1-2-12-13-10-8-6-4-3-5-7-9-11-14(12)13/h2,12-13H,1,3-11H2. The minimum absolute atomic E-state index is 0.731. The van der Waals surface area contributed by atoms with Crippen LogP contribution in [0.4, 0.5) is 0 Å². The van der Waals surface area contributed by atoms with E-state index in [1.165, 1.54) is 57.9 Å². The molecule has 80 valence electrons. The minimum Gasteiger partial charge on any atom is -0.291 e. The molecule has 0 aromatic rings. The summed E-state index contributed by atoms with van der Waals surface area (Å²) in [5.41, 5.74) is 0. The van der Waals surface area contributed by atoms with E-state index in [1.807, 2.05) is 0 Å². The van der Waals surface area contributed by atoms with E-state index in [1.54, 1.807) is 0 Å². The third kappa shape index (κ3) is 2.38. The van der Waals surface area contributed by atoms with Crippen LogP contribution in [-0.4, -0.2) is 23.5 Å². The number of rotatable bonds is 1. The second-order valence-corrected chi connectivity index (χ2v) is 4.80. The summed E-state index contributed by atoms with van der Waals surface area (Å²) in [4.78, 5) is 2.64. The normalized spacial score (nSPS) is 39.3. The number of hydrogen-bond donors (Lipinski definition) is 0. The second-order valence-electron chi connectivity index (χ2n) is 4.80. The van der Waals surface area contributed by atoms with E-state index in [2.05, 4.69) is 17.6 Å². The van der Waals surface area contributed by atoms with Crippen molar-refractivity contribution in [3.63, 3.8) is 0 Å². The monoisotopic (exact) mass is 193 g/mol. The Bertz CT molecular complexity index is 172. The largest absolute Gasteiger partial charge is 0.291 e. The zero-order valence-corrected chi connectivity index (χ0v) is 9.25. The van der Waals surface area contributed by atoms with E-state index >= 15 is 0 Å². The molecule has 2 fully saturated rings. The van der Waals surface area contributed by atoms with Crippen LogP contribution >= 0.6 is 0 Å². The van der Waals surface area contributed by atoms with Gasteiger partial charge in [0, 0.05) is 12.1 Å². The van der Waals surface area contributed by atoms with Gasteiger partial charge in [-0.1, -0.05) is 44.6 Å². The van der Waals surface area contributed by atoms with E-state index in [9.17, 15) is 0 Å². The maximum absolute atomic E-state index is 3.93. The molecule has 0 radical (unpaired) electrons. The molecule has 3 unspecified atom stereocenters. The fourth-order valence-electron chi connectivity index (χ4n) is 2.83. The van der Waals surface area contributed by atoms with Crippen LogP contribution in [0, 0.1) is 0 Å². The quantitative estimate of drug-likeness (QED) is 0.456. The number of hydrogen-bond acceptors (Lipinski definition) is 1. The Hall–Kier alpha value is -0.300. The molecular weight excluding hydrogens is 170 g/mol. The van der Waals surface area contributed by atoms with Gasteiger partial charge in [0.1, 0.15) is 0 Å². The molecule has 1 heteroatoms. The molecule has 2 saturated heterocycles. The van der Waals surface area contributed by atoms with Gasteiger partial charge in [0.05, 0.1) is 0 Å². The summed E-state index contributed by atoms with van der Waals surface area (Å²) in [5.74, 6) is 0. The first-order valence-electron chi connectivity index (χ1n) is 6.32. The fraction of sp³-hybridized carbons (Fsp3) is 0.846. The molecule has 0 N–H and O–H groups in total. The lowest BCUT2D eigenvalue weighted by Gasteiger charge is -2.01. The average molecular weight is 193 g/mol. The van der Waals surface area contributed by atoms with Crippen molar-refractivity contribution in [2.24, 2.45) is 0 Å². The summed E-state index contributed by atoms with van der Waals surface area (Å²) in [7, 11) is 0. The summed E-state index contributed by atoms with van der Waals surface area (Å²) in [6.45, 7) is 5.25. The number of nitrogens with zero attached hydrogens (tertiary/aromatic N) is 1. The van der Waals surface area contributed by atoms with E-state index in [4.69, 9.17) is 0 Å². The Morgan fingerprint density at radius 2 is 1.57 bits per heavy atom. The lowest BCUT2D eigenvalue weighted by molar-refractivity contribution is 0.455. The molecule has 2 aliphatic heterocycles. The molecule has 0 saturated carbocycles. The average Bonchev–Trinajstić information content (AvgIpc) is 2.87. The topological polar surface area (TPSA) is 3.01 Å². The van der Waals surface area contributed by atoms with Gasteiger partial charge in [-0.05, 0) is 19.4 Å². The molecular formula is C13H23N. The van der Waals surface area contributed by atoms with Gasteiger partial charge in [-0.3, -0.25) is 4.90 Å². The third-order valence-corrected chi connectivity index (χ3v) is 3.77. The Morgan fingerprint density at radius 3 is 2.29 bits per heavy atom. The zero-order chi connectivity index (χ0) is 9.80. The summed E-state index contributed by atoms with van der Waals surface area (Å²) in [6.07, 6.45) is 13.7. The van der Waals surface area contributed by atoms with Crippen LogP contribution in [-0.2, 0) is 0 Å². The highest BCUT2D eigenvalue weighted by Gasteiger charge is 2.43. The first-order chi connectivity index (χ1) is 6.93. The molecule has 1 nitrogen and oxygen atoms in total. The van der Waals surface area contributed by atoms with Crippen LogP contribution < -0.4 is 0 Å². The van der Waals surface area contributed by atoms with E-state index in [0.29, 0.717) is 0 Å². The molecule has 0 aliphatic carbocycles.